The van der Waals surface area contributed by atoms with Crippen molar-refractivity contribution >= 4 is 54.9 Å². The highest BCUT2D eigenvalue weighted by Crippen LogP contribution is 2.24. The van der Waals surface area contributed by atoms with E-state index in [4.69, 9.17) is 5.73 Å². The van der Waals surface area contributed by atoms with Crippen LogP contribution in [0, 0.1) is 0 Å². The predicted molar refractivity (Wildman–Crippen MR) is 80.5 cm³/mol. The van der Waals surface area contributed by atoms with Gasteiger partial charge in [-0.1, -0.05) is 11.3 Å². The minimum atomic E-state index is -0.225. The zero-order chi connectivity index (χ0) is 13.4. The van der Waals surface area contributed by atoms with E-state index >= 15 is 0 Å². The molecule has 0 aliphatic rings. The third-order valence-corrected chi connectivity index (χ3v) is 3.98. The Kier molecular flexibility index (Phi) is 3.00. The van der Waals surface area contributed by atoms with E-state index in [1.807, 2.05) is 12.1 Å². The summed E-state index contributed by atoms with van der Waals surface area (Å²) in [6, 6.07) is 7.23. The minimum absolute atomic E-state index is 0.225. The number of fused-ring (bicyclic) bond motifs is 1. The van der Waals surface area contributed by atoms with Crippen LogP contribution >= 0.6 is 27.3 Å². The highest BCUT2D eigenvalue weighted by atomic mass is 79.9. The molecule has 0 aliphatic heterocycles. The standard InChI is InChI=1S/C12H9BrN4OS/c13-10-5-15-12(19-10)17-11(18)9-4-6-3-7(14)1-2-8(6)16-9/h1-5,16H,14H2,(H,15,17,18). The number of anilines is 2. The fourth-order valence-corrected chi connectivity index (χ4v) is 2.85. The first-order chi connectivity index (χ1) is 9.11. The number of nitrogens with one attached hydrogen (secondary N) is 2. The Balaban J connectivity index is 1.89. The molecule has 96 valence electrons. The lowest BCUT2D eigenvalue weighted by atomic mass is 10.2. The van der Waals surface area contributed by atoms with E-state index in [-0.39, 0.29) is 5.91 Å². The molecule has 0 radical (unpaired) electrons. The molecule has 0 spiro atoms. The van der Waals surface area contributed by atoms with Crippen molar-refractivity contribution in [1.82, 2.24) is 9.97 Å². The van der Waals surface area contributed by atoms with Gasteiger partial charge in [0.15, 0.2) is 5.13 Å². The number of aromatic nitrogens is 2. The summed E-state index contributed by atoms with van der Waals surface area (Å²) in [5.74, 6) is -0.225. The maximum atomic E-state index is 12.1. The maximum absolute atomic E-state index is 12.1. The summed E-state index contributed by atoms with van der Waals surface area (Å²) < 4.78 is 0.868. The molecule has 0 fully saturated rings. The number of nitrogens with two attached hydrogens (primary N) is 1. The van der Waals surface area contributed by atoms with E-state index in [0.29, 0.717) is 16.5 Å². The number of thiazole rings is 1. The zero-order valence-corrected chi connectivity index (χ0v) is 12.0. The van der Waals surface area contributed by atoms with E-state index in [1.54, 1.807) is 18.3 Å². The van der Waals surface area contributed by atoms with Gasteiger partial charge in [0.1, 0.15) is 5.69 Å². The molecule has 0 saturated heterocycles. The first-order valence-corrected chi connectivity index (χ1v) is 7.04. The topological polar surface area (TPSA) is 83.8 Å². The predicted octanol–water partition coefficient (Wildman–Crippen LogP) is 3.22. The average molecular weight is 337 g/mol. The van der Waals surface area contributed by atoms with Gasteiger partial charge >= 0.3 is 0 Å². The van der Waals surface area contributed by atoms with Crippen molar-refractivity contribution in [2.75, 3.05) is 11.1 Å². The molecule has 7 heteroatoms. The number of rotatable bonds is 2. The van der Waals surface area contributed by atoms with Gasteiger partial charge in [-0.15, -0.1) is 0 Å². The van der Waals surface area contributed by atoms with Crippen LogP contribution in [0.5, 0.6) is 0 Å². The van der Waals surface area contributed by atoms with Crippen LogP contribution in [0.1, 0.15) is 10.5 Å². The molecule has 1 amide bonds. The van der Waals surface area contributed by atoms with Crippen LogP contribution in [0.15, 0.2) is 34.2 Å². The molecule has 0 unspecified atom stereocenters. The largest absolute Gasteiger partial charge is 0.399 e. The molecule has 2 heterocycles. The first kappa shape index (κ1) is 12.2. The maximum Gasteiger partial charge on any atom is 0.273 e. The fourth-order valence-electron chi connectivity index (χ4n) is 1.75. The number of halogens is 1. The summed E-state index contributed by atoms with van der Waals surface area (Å²) >= 11 is 4.66. The Bertz CT molecular complexity index is 764. The van der Waals surface area contributed by atoms with Gasteiger partial charge in [-0.25, -0.2) is 4.98 Å². The molecule has 19 heavy (non-hydrogen) atoms. The summed E-state index contributed by atoms with van der Waals surface area (Å²) in [5.41, 5.74) is 7.73. The summed E-state index contributed by atoms with van der Waals surface area (Å²) in [5, 5.41) is 4.19. The Morgan fingerprint density at radius 3 is 3.00 bits per heavy atom. The van der Waals surface area contributed by atoms with Gasteiger partial charge in [0.05, 0.1) is 9.98 Å². The first-order valence-electron chi connectivity index (χ1n) is 5.43. The van der Waals surface area contributed by atoms with Gasteiger partial charge in [0.2, 0.25) is 0 Å². The molecular weight excluding hydrogens is 328 g/mol. The van der Waals surface area contributed by atoms with Crippen LogP contribution < -0.4 is 11.1 Å². The third kappa shape index (κ3) is 2.47. The third-order valence-electron chi connectivity index (χ3n) is 2.59. The lowest BCUT2D eigenvalue weighted by molar-refractivity contribution is 0.102. The zero-order valence-electron chi connectivity index (χ0n) is 9.61. The molecule has 5 nitrogen and oxygen atoms in total. The van der Waals surface area contributed by atoms with Crippen molar-refractivity contribution in [3.63, 3.8) is 0 Å². The average Bonchev–Trinajstić information content (AvgIpc) is 2.95. The molecule has 3 rings (SSSR count). The van der Waals surface area contributed by atoms with Crippen molar-refractivity contribution in [2.24, 2.45) is 0 Å². The van der Waals surface area contributed by atoms with Crippen LogP contribution in [-0.4, -0.2) is 15.9 Å². The van der Waals surface area contributed by atoms with Gasteiger partial charge < -0.3 is 10.7 Å². The molecule has 1 aromatic carbocycles. The normalized spacial score (nSPS) is 10.8. The highest BCUT2D eigenvalue weighted by Gasteiger charge is 2.11. The summed E-state index contributed by atoms with van der Waals surface area (Å²) in [7, 11) is 0. The lowest BCUT2D eigenvalue weighted by Crippen LogP contribution is -2.11. The summed E-state index contributed by atoms with van der Waals surface area (Å²) in [6.07, 6.45) is 1.65. The number of hydrogen-bond donors (Lipinski definition) is 3. The molecule has 2 aromatic heterocycles. The van der Waals surface area contributed by atoms with Crippen molar-refractivity contribution in [3.05, 3.63) is 39.9 Å². The number of amides is 1. The second kappa shape index (κ2) is 4.67. The van der Waals surface area contributed by atoms with Crippen LogP contribution in [0.25, 0.3) is 10.9 Å². The number of nitrogens with zero attached hydrogens (tertiary/aromatic N) is 1. The van der Waals surface area contributed by atoms with E-state index in [0.717, 1.165) is 14.7 Å². The van der Waals surface area contributed by atoms with E-state index in [1.165, 1.54) is 11.3 Å². The number of aromatic amines is 1. The minimum Gasteiger partial charge on any atom is -0.399 e. The van der Waals surface area contributed by atoms with Gasteiger partial charge in [-0.2, -0.15) is 0 Å². The van der Waals surface area contributed by atoms with Crippen molar-refractivity contribution in [3.8, 4) is 0 Å². The smallest absolute Gasteiger partial charge is 0.273 e. The SMILES string of the molecule is Nc1ccc2[nH]c(C(=O)Nc3ncc(Br)s3)cc2c1. The van der Waals surface area contributed by atoms with Crippen LogP contribution in [0.2, 0.25) is 0 Å². The fraction of sp³-hybridized carbons (Fsp3) is 0. The van der Waals surface area contributed by atoms with E-state index < -0.39 is 0 Å². The van der Waals surface area contributed by atoms with Crippen LogP contribution in [0.4, 0.5) is 10.8 Å². The monoisotopic (exact) mass is 336 g/mol. The molecule has 0 aliphatic carbocycles. The van der Waals surface area contributed by atoms with Crippen molar-refractivity contribution < 1.29 is 4.79 Å². The number of benzene rings is 1. The Hall–Kier alpha value is -1.86. The number of hydrogen-bond acceptors (Lipinski definition) is 4. The number of H-pyrrole nitrogens is 1. The van der Waals surface area contributed by atoms with Gasteiger partial charge in [0.25, 0.3) is 5.91 Å². The van der Waals surface area contributed by atoms with Crippen LogP contribution in [0.3, 0.4) is 0 Å². The number of nitrogen functional groups attached to an aromatic ring is 1. The molecule has 3 aromatic rings. The summed E-state index contributed by atoms with van der Waals surface area (Å²) in [4.78, 5) is 19.2. The number of carbonyl (C=O) groups is 1. The van der Waals surface area contributed by atoms with Crippen molar-refractivity contribution in [2.45, 2.75) is 0 Å². The van der Waals surface area contributed by atoms with E-state index in [2.05, 4.69) is 31.2 Å². The molecule has 4 N–H and O–H groups in total. The molecule has 0 atom stereocenters. The quantitative estimate of drug-likeness (QED) is 0.628. The summed E-state index contributed by atoms with van der Waals surface area (Å²) in [6.45, 7) is 0. The van der Waals surface area contributed by atoms with Crippen molar-refractivity contribution in [1.29, 1.82) is 0 Å². The number of carbonyl (C=O) groups excluding carboxylic acids is 1. The highest BCUT2D eigenvalue weighted by molar-refractivity contribution is 9.11. The molecule has 0 bridgehead atoms. The molecule has 0 saturated carbocycles. The Morgan fingerprint density at radius 2 is 2.26 bits per heavy atom. The van der Waals surface area contributed by atoms with Crippen LogP contribution in [-0.2, 0) is 0 Å². The molecular formula is C12H9BrN4OS. The van der Waals surface area contributed by atoms with E-state index in [9.17, 15) is 4.79 Å². The van der Waals surface area contributed by atoms with Gasteiger partial charge in [-0.3, -0.25) is 10.1 Å². The Morgan fingerprint density at radius 1 is 1.42 bits per heavy atom. The van der Waals surface area contributed by atoms with Gasteiger partial charge in [0, 0.05) is 16.6 Å². The second-order valence-electron chi connectivity index (χ2n) is 3.95. The Labute approximate surface area is 121 Å². The second-order valence-corrected chi connectivity index (χ2v) is 6.36. The van der Waals surface area contributed by atoms with Gasteiger partial charge in [-0.05, 0) is 40.2 Å². The lowest BCUT2D eigenvalue weighted by Gasteiger charge is -1.97.